The molecule has 0 saturated carbocycles. The van der Waals surface area contributed by atoms with E-state index in [2.05, 4.69) is 15.5 Å². The van der Waals surface area contributed by atoms with Gasteiger partial charge in [-0.25, -0.2) is 0 Å². The molecule has 0 aliphatic carbocycles. The van der Waals surface area contributed by atoms with Crippen LogP contribution in [0.25, 0.3) is 11.4 Å². The maximum absolute atomic E-state index is 12.3. The second kappa shape index (κ2) is 7.97. The molecule has 0 spiro atoms. The highest BCUT2D eigenvalue weighted by Crippen LogP contribution is 2.23. The number of hydrogen-bond acceptors (Lipinski definition) is 4. The van der Waals surface area contributed by atoms with Crippen LogP contribution in [0.3, 0.4) is 0 Å². The second-order valence-corrected chi connectivity index (χ2v) is 6.26. The van der Waals surface area contributed by atoms with Crippen LogP contribution in [0.15, 0.2) is 48.5 Å². The van der Waals surface area contributed by atoms with Crippen LogP contribution in [-0.4, -0.2) is 27.8 Å². The Labute approximate surface area is 156 Å². The van der Waals surface area contributed by atoms with Crippen LogP contribution in [0, 0.1) is 11.7 Å². The highest BCUT2D eigenvalue weighted by atomic mass is 32.1. The number of rotatable bonds is 6. The average molecular weight is 368 g/mol. The Balaban J connectivity index is 1.72. The molecule has 0 aliphatic rings. The number of amides is 1. The third-order valence-corrected chi connectivity index (χ3v) is 4.32. The van der Waals surface area contributed by atoms with Crippen molar-refractivity contribution in [3.05, 3.63) is 58.9 Å². The molecule has 2 aromatic carbocycles. The van der Waals surface area contributed by atoms with E-state index in [4.69, 9.17) is 17.0 Å². The minimum absolute atomic E-state index is 0.118. The SMILES string of the molecule is COc1ccccc1NC(=O)CCn1c(-c2ccc(C)cc2)n[nH]c1=S. The van der Waals surface area contributed by atoms with Gasteiger partial charge in [-0.3, -0.25) is 14.5 Å². The zero-order chi connectivity index (χ0) is 18.5. The summed E-state index contributed by atoms with van der Waals surface area (Å²) < 4.78 is 7.58. The first-order chi connectivity index (χ1) is 12.6. The summed E-state index contributed by atoms with van der Waals surface area (Å²) in [7, 11) is 1.57. The number of anilines is 1. The molecule has 0 bridgehead atoms. The Morgan fingerprint density at radius 3 is 2.69 bits per heavy atom. The van der Waals surface area contributed by atoms with Crippen molar-refractivity contribution in [2.75, 3.05) is 12.4 Å². The number of aromatic amines is 1. The molecular formula is C19H20N4O2S. The molecule has 0 aliphatic heterocycles. The number of carbonyl (C=O) groups is 1. The Morgan fingerprint density at radius 2 is 1.96 bits per heavy atom. The van der Waals surface area contributed by atoms with E-state index in [0.29, 0.717) is 22.8 Å². The maximum atomic E-state index is 12.3. The van der Waals surface area contributed by atoms with Gasteiger partial charge >= 0.3 is 0 Å². The molecule has 0 unspecified atom stereocenters. The fourth-order valence-corrected chi connectivity index (χ4v) is 2.85. The van der Waals surface area contributed by atoms with Gasteiger partial charge in [-0.05, 0) is 31.3 Å². The van der Waals surface area contributed by atoms with Gasteiger partial charge in [0.2, 0.25) is 5.91 Å². The van der Waals surface area contributed by atoms with Gasteiger partial charge in [-0.2, -0.15) is 5.10 Å². The van der Waals surface area contributed by atoms with Crippen molar-refractivity contribution in [3.63, 3.8) is 0 Å². The molecule has 3 rings (SSSR count). The van der Waals surface area contributed by atoms with E-state index < -0.39 is 0 Å². The second-order valence-electron chi connectivity index (χ2n) is 5.87. The van der Waals surface area contributed by atoms with Crippen molar-refractivity contribution < 1.29 is 9.53 Å². The summed E-state index contributed by atoms with van der Waals surface area (Å²) in [5, 5.41) is 9.97. The molecular weight excluding hydrogens is 348 g/mol. The van der Waals surface area contributed by atoms with Crippen molar-refractivity contribution in [3.8, 4) is 17.1 Å². The predicted octanol–water partition coefficient (Wildman–Crippen LogP) is 3.95. The standard InChI is InChI=1S/C19H20N4O2S/c1-13-7-9-14(10-8-13)18-21-22-19(26)23(18)12-11-17(24)20-15-5-3-4-6-16(15)25-2/h3-10H,11-12H2,1-2H3,(H,20,24)(H,22,26). The van der Waals surface area contributed by atoms with E-state index in [-0.39, 0.29) is 12.3 Å². The van der Waals surface area contributed by atoms with Crippen LogP contribution in [-0.2, 0) is 11.3 Å². The molecule has 7 heteroatoms. The Kier molecular flexibility index (Phi) is 5.48. The van der Waals surface area contributed by atoms with Crippen molar-refractivity contribution in [2.24, 2.45) is 0 Å². The fraction of sp³-hybridized carbons (Fsp3) is 0.211. The first kappa shape index (κ1) is 17.9. The number of carbonyl (C=O) groups excluding carboxylic acids is 1. The van der Waals surface area contributed by atoms with Gasteiger partial charge in [0.05, 0.1) is 12.8 Å². The Bertz CT molecular complexity index is 960. The average Bonchev–Trinajstić information content (AvgIpc) is 3.01. The lowest BCUT2D eigenvalue weighted by atomic mass is 10.1. The topological polar surface area (TPSA) is 71.9 Å². The van der Waals surface area contributed by atoms with Crippen molar-refractivity contribution in [1.82, 2.24) is 14.8 Å². The van der Waals surface area contributed by atoms with Crippen LogP contribution in [0.5, 0.6) is 5.75 Å². The number of H-pyrrole nitrogens is 1. The first-order valence-corrected chi connectivity index (χ1v) is 8.64. The molecule has 0 radical (unpaired) electrons. The Hall–Kier alpha value is -2.93. The van der Waals surface area contributed by atoms with E-state index in [0.717, 1.165) is 11.4 Å². The van der Waals surface area contributed by atoms with Gasteiger partial charge in [-0.15, -0.1) is 0 Å². The lowest BCUT2D eigenvalue weighted by molar-refractivity contribution is -0.116. The van der Waals surface area contributed by atoms with E-state index in [1.165, 1.54) is 5.56 Å². The van der Waals surface area contributed by atoms with Gasteiger partial charge in [0.25, 0.3) is 0 Å². The molecule has 6 nitrogen and oxygen atoms in total. The number of ether oxygens (including phenoxy) is 1. The largest absolute Gasteiger partial charge is 0.495 e. The number of nitrogens with zero attached hydrogens (tertiary/aromatic N) is 2. The summed E-state index contributed by atoms with van der Waals surface area (Å²) in [6, 6.07) is 15.3. The molecule has 26 heavy (non-hydrogen) atoms. The van der Waals surface area contributed by atoms with Crippen molar-refractivity contribution >= 4 is 23.8 Å². The van der Waals surface area contributed by atoms with Crippen LogP contribution < -0.4 is 10.1 Å². The summed E-state index contributed by atoms with van der Waals surface area (Å²) in [6.45, 7) is 2.46. The highest BCUT2D eigenvalue weighted by molar-refractivity contribution is 7.71. The number of aromatic nitrogens is 3. The third kappa shape index (κ3) is 4.00. The fourth-order valence-electron chi connectivity index (χ4n) is 2.62. The quantitative estimate of drug-likeness (QED) is 0.646. The number of hydrogen-bond donors (Lipinski definition) is 2. The molecule has 0 atom stereocenters. The summed E-state index contributed by atoms with van der Waals surface area (Å²) in [5.74, 6) is 1.23. The highest BCUT2D eigenvalue weighted by Gasteiger charge is 2.12. The van der Waals surface area contributed by atoms with Gasteiger partial charge in [0.1, 0.15) is 5.75 Å². The monoisotopic (exact) mass is 368 g/mol. The lowest BCUT2D eigenvalue weighted by Crippen LogP contribution is -2.15. The molecule has 0 fully saturated rings. The summed E-state index contributed by atoms with van der Waals surface area (Å²) >= 11 is 5.31. The molecule has 1 aromatic heterocycles. The summed E-state index contributed by atoms with van der Waals surface area (Å²) in [6.07, 6.45) is 0.269. The number of nitrogens with one attached hydrogen (secondary N) is 2. The molecule has 1 amide bonds. The minimum Gasteiger partial charge on any atom is -0.495 e. The predicted molar refractivity (Wildman–Crippen MR) is 104 cm³/mol. The summed E-state index contributed by atoms with van der Waals surface area (Å²) in [5.41, 5.74) is 2.77. The number of benzene rings is 2. The third-order valence-electron chi connectivity index (χ3n) is 4.01. The molecule has 1 heterocycles. The van der Waals surface area contributed by atoms with Crippen LogP contribution >= 0.6 is 12.2 Å². The van der Waals surface area contributed by atoms with E-state index in [9.17, 15) is 4.79 Å². The van der Waals surface area contributed by atoms with Crippen LogP contribution in [0.4, 0.5) is 5.69 Å². The van der Waals surface area contributed by atoms with Crippen molar-refractivity contribution in [2.45, 2.75) is 19.9 Å². The number of methoxy groups -OCH3 is 1. The van der Waals surface area contributed by atoms with Gasteiger partial charge in [0.15, 0.2) is 10.6 Å². The number of aryl methyl sites for hydroxylation is 1. The maximum Gasteiger partial charge on any atom is 0.226 e. The normalized spacial score (nSPS) is 10.5. The summed E-state index contributed by atoms with van der Waals surface area (Å²) in [4.78, 5) is 12.3. The lowest BCUT2D eigenvalue weighted by Gasteiger charge is -2.11. The van der Waals surface area contributed by atoms with E-state index in [1.807, 2.05) is 47.9 Å². The van der Waals surface area contributed by atoms with Crippen molar-refractivity contribution in [1.29, 1.82) is 0 Å². The molecule has 134 valence electrons. The van der Waals surface area contributed by atoms with Gasteiger partial charge in [0, 0.05) is 18.5 Å². The van der Waals surface area contributed by atoms with Crippen LogP contribution in [0.1, 0.15) is 12.0 Å². The van der Waals surface area contributed by atoms with Crippen LogP contribution in [0.2, 0.25) is 0 Å². The van der Waals surface area contributed by atoms with E-state index >= 15 is 0 Å². The number of para-hydroxylation sites is 2. The van der Waals surface area contributed by atoms with Gasteiger partial charge < -0.3 is 10.1 Å². The smallest absolute Gasteiger partial charge is 0.226 e. The zero-order valence-corrected chi connectivity index (χ0v) is 15.5. The molecule has 0 saturated heterocycles. The first-order valence-electron chi connectivity index (χ1n) is 8.23. The Morgan fingerprint density at radius 1 is 1.23 bits per heavy atom. The molecule has 3 aromatic rings. The van der Waals surface area contributed by atoms with E-state index in [1.54, 1.807) is 19.2 Å². The van der Waals surface area contributed by atoms with Gasteiger partial charge in [-0.1, -0.05) is 42.0 Å². The minimum atomic E-state index is -0.118. The molecule has 2 N–H and O–H groups in total. The zero-order valence-electron chi connectivity index (χ0n) is 14.7.